The van der Waals surface area contributed by atoms with E-state index in [1.807, 2.05) is 30.3 Å². The predicted octanol–water partition coefficient (Wildman–Crippen LogP) is 1.24. The Morgan fingerprint density at radius 3 is 2.00 bits per heavy atom. The second-order valence-electron chi connectivity index (χ2n) is 3.10. The van der Waals surface area contributed by atoms with Gasteiger partial charge in [-0.2, -0.15) is 0 Å². The number of aliphatic carboxylic acids is 2. The van der Waals surface area contributed by atoms with E-state index in [4.69, 9.17) is 15.3 Å². The van der Waals surface area contributed by atoms with Crippen molar-refractivity contribution in [2.24, 2.45) is 0 Å². The molecule has 0 aliphatic heterocycles. The summed E-state index contributed by atoms with van der Waals surface area (Å²) in [7, 11) is 0. The Kier molecular flexibility index (Phi) is 7.05. The van der Waals surface area contributed by atoms with Gasteiger partial charge in [-0.3, -0.25) is 0 Å². The minimum absolute atomic E-state index is 0.898. The van der Waals surface area contributed by atoms with Gasteiger partial charge in [-0.25, -0.2) is 9.59 Å². The molecule has 3 N–H and O–H groups in total. The highest BCUT2D eigenvalue weighted by Crippen LogP contribution is 1.99. The molecule has 0 heterocycles. The molecule has 0 saturated carbocycles. The number of carboxylic acids is 2. The molecular formula is C12H14O5. The molecule has 0 spiro atoms. The fourth-order valence-corrected chi connectivity index (χ4v) is 0.732. The van der Waals surface area contributed by atoms with Gasteiger partial charge < -0.3 is 15.3 Å². The number of carboxylic acid groups (broad SMARTS) is 2. The van der Waals surface area contributed by atoms with Crippen molar-refractivity contribution < 1.29 is 24.9 Å². The zero-order chi connectivity index (χ0) is 13.3. The average Bonchev–Trinajstić information content (AvgIpc) is 2.28. The van der Waals surface area contributed by atoms with E-state index in [2.05, 4.69) is 0 Å². The van der Waals surface area contributed by atoms with Crippen LogP contribution in [0.5, 0.6) is 0 Å². The molecule has 0 radical (unpaired) electrons. The highest BCUT2D eigenvalue weighted by Gasteiger charge is 2.01. The van der Waals surface area contributed by atoms with Crippen molar-refractivity contribution in [3.63, 3.8) is 0 Å². The van der Waals surface area contributed by atoms with Crippen molar-refractivity contribution in [3.05, 3.63) is 42.0 Å². The van der Waals surface area contributed by atoms with E-state index in [0.717, 1.165) is 11.6 Å². The molecular weight excluding hydrogens is 224 g/mol. The number of aliphatic hydroxyl groups is 1. The summed E-state index contributed by atoms with van der Waals surface area (Å²) < 4.78 is 0. The summed E-state index contributed by atoms with van der Waals surface area (Å²) in [5.74, 6) is -2.11. The Bertz CT molecular complexity index is 381. The third-order valence-electron chi connectivity index (χ3n) is 1.58. The third-order valence-corrected chi connectivity index (χ3v) is 1.58. The first kappa shape index (κ1) is 14.9. The lowest BCUT2D eigenvalue weighted by Crippen LogP contribution is -2.13. The molecule has 0 aliphatic rings. The first-order chi connectivity index (χ1) is 7.93. The minimum atomic E-state index is -1.23. The van der Waals surface area contributed by atoms with Crippen molar-refractivity contribution in [2.45, 2.75) is 13.0 Å². The Morgan fingerprint density at radius 1 is 1.18 bits per heavy atom. The summed E-state index contributed by atoms with van der Waals surface area (Å²) in [6.07, 6.45) is 1.45. The Morgan fingerprint density at radius 2 is 1.65 bits per heavy atom. The number of hydrogen-bond donors (Lipinski definition) is 3. The molecule has 1 unspecified atom stereocenters. The molecule has 0 aromatic heterocycles. The zero-order valence-corrected chi connectivity index (χ0v) is 9.28. The molecule has 1 aromatic carbocycles. The van der Waals surface area contributed by atoms with Crippen LogP contribution in [0.1, 0.15) is 12.5 Å². The highest BCUT2D eigenvalue weighted by atomic mass is 16.4. The van der Waals surface area contributed by atoms with Gasteiger partial charge in [0.25, 0.3) is 0 Å². The molecule has 5 nitrogen and oxygen atoms in total. The molecule has 1 rings (SSSR count). The Hall–Kier alpha value is -2.14. The van der Waals surface area contributed by atoms with Crippen LogP contribution >= 0.6 is 0 Å². The summed E-state index contributed by atoms with van der Waals surface area (Å²) in [5.41, 5.74) is 0.898. The third kappa shape index (κ3) is 8.83. The van der Waals surface area contributed by atoms with Gasteiger partial charge >= 0.3 is 11.9 Å². The van der Waals surface area contributed by atoms with Crippen LogP contribution in [0, 0.1) is 0 Å². The fraction of sp³-hybridized carbons (Fsp3) is 0.167. The zero-order valence-electron chi connectivity index (χ0n) is 9.28. The number of rotatable bonds is 3. The van der Waals surface area contributed by atoms with Crippen molar-refractivity contribution in [1.82, 2.24) is 0 Å². The lowest BCUT2D eigenvalue weighted by molar-refractivity contribution is -0.145. The van der Waals surface area contributed by atoms with Crippen LogP contribution in [0.15, 0.2) is 36.4 Å². The standard InChI is InChI=1S/C9H8O2.C3H6O3/c10-9(11)7-6-8-4-2-1-3-5-8;1-2(4)3(5)6/h1-7H,(H,10,11);2,4H,1H3,(H,5,6). The largest absolute Gasteiger partial charge is 0.479 e. The van der Waals surface area contributed by atoms with Gasteiger partial charge in [-0.15, -0.1) is 0 Å². The number of benzene rings is 1. The van der Waals surface area contributed by atoms with Gasteiger partial charge in [0, 0.05) is 6.08 Å². The Labute approximate surface area is 98.6 Å². The van der Waals surface area contributed by atoms with Crippen molar-refractivity contribution in [3.8, 4) is 0 Å². The maximum Gasteiger partial charge on any atom is 0.332 e. The molecule has 0 saturated heterocycles. The molecule has 5 heteroatoms. The molecule has 0 aliphatic carbocycles. The SMILES string of the molecule is CC(O)C(=O)O.O=C(O)C=Cc1ccccc1. The van der Waals surface area contributed by atoms with E-state index >= 15 is 0 Å². The van der Waals surface area contributed by atoms with E-state index < -0.39 is 18.0 Å². The van der Waals surface area contributed by atoms with E-state index in [0.29, 0.717) is 0 Å². The van der Waals surface area contributed by atoms with Crippen molar-refractivity contribution in [2.75, 3.05) is 0 Å². The topological polar surface area (TPSA) is 94.8 Å². The van der Waals surface area contributed by atoms with Crippen molar-refractivity contribution in [1.29, 1.82) is 0 Å². The second-order valence-corrected chi connectivity index (χ2v) is 3.10. The maximum atomic E-state index is 10.1. The Balaban J connectivity index is 0.000000366. The van der Waals surface area contributed by atoms with E-state index in [-0.39, 0.29) is 0 Å². The van der Waals surface area contributed by atoms with E-state index in [9.17, 15) is 9.59 Å². The molecule has 92 valence electrons. The summed E-state index contributed by atoms with van der Waals surface area (Å²) in [4.78, 5) is 19.5. The molecule has 1 atom stereocenters. The summed E-state index contributed by atoms with van der Waals surface area (Å²) in [6, 6.07) is 9.31. The van der Waals surface area contributed by atoms with Gasteiger partial charge in [0.2, 0.25) is 0 Å². The van der Waals surface area contributed by atoms with Gasteiger partial charge in [-0.05, 0) is 18.6 Å². The van der Waals surface area contributed by atoms with Gasteiger partial charge in [-0.1, -0.05) is 30.3 Å². The van der Waals surface area contributed by atoms with Crippen LogP contribution in [0.25, 0.3) is 6.08 Å². The molecule has 0 fully saturated rings. The monoisotopic (exact) mass is 238 g/mol. The quantitative estimate of drug-likeness (QED) is 0.688. The van der Waals surface area contributed by atoms with E-state index in [1.165, 1.54) is 6.92 Å². The first-order valence-corrected chi connectivity index (χ1v) is 4.80. The van der Waals surface area contributed by atoms with Crippen LogP contribution in [0.4, 0.5) is 0 Å². The molecule has 17 heavy (non-hydrogen) atoms. The summed E-state index contributed by atoms with van der Waals surface area (Å²) in [6.45, 7) is 1.20. The molecule has 0 bridgehead atoms. The average molecular weight is 238 g/mol. The number of hydrogen-bond acceptors (Lipinski definition) is 3. The lowest BCUT2D eigenvalue weighted by atomic mass is 10.2. The van der Waals surface area contributed by atoms with E-state index in [1.54, 1.807) is 6.08 Å². The summed E-state index contributed by atoms with van der Waals surface area (Å²) >= 11 is 0. The van der Waals surface area contributed by atoms with Gasteiger partial charge in [0.1, 0.15) is 6.10 Å². The smallest absolute Gasteiger partial charge is 0.332 e. The van der Waals surface area contributed by atoms with Crippen LogP contribution in [-0.2, 0) is 9.59 Å². The van der Waals surface area contributed by atoms with Gasteiger partial charge in [0.15, 0.2) is 0 Å². The second kappa shape index (κ2) is 8.06. The fourth-order valence-electron chi connectivity index (χ4n) is 0.732. The maximum absolute atomic E-state index is 10.1. The van der Waals surface area contributed by atoms with Crippen LogP contribution in [0.2, 0.25) is 0 Å². The minimum Gasteiger partial charge on any atom is -0.479 e. The van der Waals surface area contributed by atoms with Crippen molar-refractivity contribution >= 4 is 18.0 Å². The highest BCUT2D eigenvalue weighted by molar-refractivity contribution is 5.85. The number of carbonyl (C=O) groups is 2. The lowest BCUT2D eigenvalue weighted by Gasteiger charge is -1.89. The molecule has 1 aromatic rings. The van der Waals surface area contributed by atoms with Crippen LogP contribution in [-0.4, -0.2) is 33.4 Å². The predicted molar refractivity (Wildman–Crippen MR) is 62.4 cm³/mol. The summed E-state index contributed by atoms with van der Waals surface area (Å²) in [5, 5.41) is 24.1. The molecule has 0 amide bonds. The van der Waals surface area contributed by atoms with Gasteiger partial charge in [0.05, 0.1) is 0 Å². The first-order valence-electron chi connectivity index (χ1n) is 4.80. The van der Waals surface area contributed by atoms with Crippen LogP contribution in [0.3, 0.4) is 0 Å². The van der Waals surface area contributed by atoms with Crippen LogP contribution < -0.4 is 0 Å². The normalized spacial score (nSPS) is 11.4. The number of aliphatic hydroxyl groups excluding tert-OH is 1.